The molecule has 3 nitrogen and oxygen atoms in total. The minimum Gasteiger partial charge on any atom is -0.349 e. The van der Waals surface area contributed by atoms with Crippen molar-refractivity contribution >= 4 is 29.7 Å². The topological polar surface area (TPSA) is 55.1 Å². The number of nitrogens with one attached hydrogen (secondary N) is 1. The van der Waals surface area contributed by atoms with E-state index in [1.54, 1.807) is 11.3 Å². The first-order valence-electron chi connectivity index (χ1n) is 5.86. The van der Waals surface area contributed by atoms with Gasteiger partial charge in [-0.15, -0.1) is 23.7 Å². The van der Waals surface area contributed by atoms with Gasteiger partial charge in [-0.05, 0) is 46.2 Å². The van der Waals surface area contributed by atoms with Crippen molar-refractivity contribution in [2.75, 3.05) is 6.54 Å². The molecule has 1 heterocycles. The summed E-state index contributed by atoms with van der Waals surface area (Å²) in [5, 5.41) is 3.03. The highest BCUT2D eigenvalue weighted by Gasteiger charge is 2.27. The van der Waals surface area contributed by atoms with Crippen LogP contribution in [0.5, 0.6) is 0 Å². The fourth-order valence-electron chi connectivity index (χ4n) is 1.64. The second kappa shape index (κ2) is 6.55. The Morgan fingerprint density at radius 2 is 2.06 bits per heavy atom. The summed E-state index contributed by atoms with van der Waals surface area (Å²) < 4.78 is 0. The Labute approximate surface area is 120 Å². The van der Waals surface area contributed by atoms with Gasteiger partial charge in [-0.2, -0.15) is 0 Å². The molecule has 0 radical (unpaired) electrons. The highest BCUT2D eigenvalue weighted by atomic mass is 35.5. The molecular formula is C13H23ClN2OS. The third kappa shape index (κ3) is 3.97. The first-order valence-corrected chi connectivity index (χ1v) is 6.67. The van der Waals surface area contributed by atoms with Gasteiger partial charge in [-0.3, -0.25) is 4.79 Å². The van der Waals surface area contributed by atoms with Crippen molar-refractivity contribution < 1.29 is 4.79 Å². The maximum absolute atomic E-state index is 12.0. The number of halogens is 1. The van der Waals surface area contributed by atoms with Crippen LogP contribution in [0, 0.1) is 19.3 Å². The molecule has 0 fully saturated rings. The molecule has 1 unspecified atom stereocenters. The van der Waals surface area contributed by atoms with Gasteiger partial charge in [-0.1, -0.05) is 0 Å². The van der Waals surface area contributed by atoms with E-state index >= 15 is 0 Å². The standard InChI is InChI=1S/C13H22N2OS.ClH/c1-8-6-11(10(3)17-8)9(2)15-12(16)13(4,5)7-14;/h6,9H,7,14H2,1-5H3,(H,15,16);1H. The maximum Gasteiger partial charge on any atom is 0.227 e. The Morgan fingerprint density at radius 3 is 2.44 bits per heavy atom. The van der Waals surface area contributed by atoms with Crippen LogP contribution in [-0.2, 0) is 4.79 Å². The van der Waals surface area contributed by atoms with Gasteiger partial charge in [0.2, 0.25) is 5.91 Å². The van der Waals surface area contributed by atoms with Gasteiger partial charge in [-0.25, -0.2) is 0 Å². The summed E-state index contributed by atoms with van der Waals surface area (Å²) in [7, 11) is 0. The number of carbonyl (C=O) groups is 1. The third-order valence-electron chi connectivity index (χ3n) is 3.02. The monoisotopic (exact) mass is 290 g/mol. The van der Waals surface area contributed by atoms with Crippen LogP contribution in [0.3, 0.4) is 0 Å². The smallest absolute Gasteiger partial charge is 0.227 e. The lowest BCUT2D eigenvalue weighted by Gasteiger charge is -2.24. The average molecular weight is 291 g/mol. The lowest BCUT2D eigenvalue weighted by Crippen LogP contribution is -2.42. The average Bonchev–Trinajstić information content (AvgIpc) is 2.57. The van der Waals surface area contributed by atoms with Crippen LogP contribution >= 0.6 is 23.7 Å². The molecule has 0 aliphatic heterocycles. The molecule has 0 aromatic carbocycles. The Hall–Kier alpha value is -0.580. The number of thiophene rings is 1. The van der Waals surface area contributed by atoms with Crippen molar-refractivity contribution in [3.8, 4) is 0 Å². The molecule has 104 valence electrons. The molecule has 0 aliphatic rings. The zero-order valence-corrected chi connectivity index (χ0v) is 13.3. The molecule has 5 heteroatoms. The van der Waals surface area contributed by atoms with E-state index in [1.807, 2.05) is 20.8 Å². The van der Waals surface area contributed by atoms with E-state index in [9.17, 15) is 4.79 Å². The predicted octanol–water partition coefficient (Wildman–Crippen LogP) is 2.95. The quantitative estimate of drug-likeness (QED) is 0.896. The Morgan fingerprint density at radius 1 is 1.50 bits per heavy atom. The summed E-state index contributed by atoms with van der Waals surface area (Å²) >= 11 is 1.76. The zero-order chi connectivity index (χ0) is 13.2. The van der Waals surface area contributed by atoms with Crippen LogP contribution in [0.25, 0.3) is 0 Å². The van der Waals surface area contributed by atoms with E-state index in [0.29, 0.717) is 6.54 Å². The molecule has 1 rings (SSSR count). The van der Waals surface area contributed by atoms with Gasteiger partial charge in [0.05, 0.1) is 11.5 Å². The van der Waals surface area contributed by atoms with Crippen molar-refractivity contribution in [3.63, 3.8) is 0 Å². The van der Waals surface area contributed by atoms with E-state index in [2.05, 4.69) is 25.2 Å². The number of nitrogens with two attached hydrogens (primary N) is 1. The fraction of sp³-hybridized carbons (Fsp3) is 0.615. The summed E-state index contributed by atoms with van der Waals surface area (Å²) in [6.07, 6.45) is 0. The number of rotatable bonds is 4. The highest BCUT2D eigenvalue weighted by Crippen LogP contribution is 2.27. The van der Waals surface area contributed by atoms with Gasteiger partial charge in [0.1, 0.15) is 0 Å². The predicted molar refractivity (Wildman–Crippen MR) is 80.4 cm³/mol. The fourth-order valence-corrected chi connectivity index (χ4v) is 2.67. The van der Waals surface area contributed by atoms with Gasteiger partial charge < -0.3 is 11.1 Å². The summed E-state index contributed by atoms with van der Waals surface area (Å²) in [6.45, 7) is 10.3. The third-order valence-corrected chi connectivity index (χ3v) is 4.00. The molecule has 0 saturated heterocycles. The largest absolute Gasteiger partial charge is 0.349 e. The normalized spacial score (nSPS) is 12.8. The Balaban J connectivity index is 0.00000289. The van der Waals surface area contributed by atoms with Crippen molar-refractivity contribution in [2.45, 2.75) is 40.7 Å². The zero-order valence-electron chi connectivity index (χ0n) is 11.7. The first kappa shape index (κ1) is 17.4. The molecule has 18 heavy (non-hydrogen) atoms. The van der Waals surface area contributed by atoms with Gasteiger partial charge >= 0.3 is 0 Å². The van der Waals surface area contributed by atoms with Gasteiger partial charge in [0.25, 0.3) is 0 Å². The van der Waals surface area contributed by atoms with Gasteiger partial charge in [0, 0.05) is 16.3 Å². The van der Waals surface area contributed by atoms with Crippen molar-refractivity contribution in [3.05, 3.63) is 21.4 Å². The summed E-state index contributed by atoms with van der Waals surface area (Å²) in [5.74, 6) is 0.00996. The number of hydrogen-bond acceptors (Lipinski definition) is 3. The summed E-state index contributed by atoms with van der Waals surface area (Å²) in [4.78, 5) is 14.5. The number of hydrogen-bond donors (Lipinski definition) is 2. The van der Waals surface area contributed by atoms with Crippen molar-refractivity contribution in [2.24, 2.45) is 11.1 Å². The first-order chi connectivity index (χ1) is 7.77. The minimum atomic E-state index is -0.507. The van der Waals surface area contributed by atoms with E-state index in [-0.39, 0.29) is 24.4 Å². The highest BCUT2D eigenvalue weighted by molar-refractivity contribution is 7.12. The van der Waals surface area contributed by atoms with Gasteiger partial charge in [0.15, 0.2) is 0 Å². The van der Waals surface area contributed by atoms with Crippen molar-refractivity contribution in [1.82, 2.24) is 5.32 Å². The SMILES string of the molecule is Cc1cc(C(C)NC(=O)C(C)(C)CN)c(C)s1.Cl. The summed E-state index contributed by atoms with van der Waals surface area (Å²) in [6, 6.07) is 2.18. The van der Waals surface area contributed by atoms with Crippen LogP contribution in [0.2, 0.25) is 0 Å². The molecule has 0 saturated carbocycles. The molecule has 0 spiro atoms. The lowest BCUT2D eigenvalue weighted by molar-refractivity contribution is -0.129. The second-order valence-corrected chi connectivity index (χ2v) is 6.61. The van der Waals surface area contributed by atoms with E-state index in [0.717, 1.165) is 0 Å². The molecule has 1 aromatic rings. The maximum atomic E-state index is 12.0. The van der Waals surface area contributed by atoms with E-state index in [4.69, 9.17) is 5.73 Å². The Bertz CT molecular complexity index is 415. The Kier molecular flexibility index (Phi) is 6.34. The molecule has 0 aliphatic carbocycles. The molecular weight excluding hydrogens is 268 g/mol. The number of amides is 1. The molecule has 1 atom stereocenters. The second-order valence-electron chi connectivity index (χ2n) is 5.15. The van der Waals surface area contributed by atoms with Crippen LogP contribution in [0.15, 0.2) is 6.07 Å². The molecule has 1 amide bonds. The number of carbonyl (C=O) groups excluding carboxylic acids is 1. The lowest BCUT2D eigenvalue weighted by atomic mass is 9.92. The molecule has 3 N–H and O–H groups in total. The molecule has 1 aromatic heterocycles. The molecule has 0 bridgehead atoms. The van der Waals surface area contributed by atoms with Crippen LogP contribution < -0.4 is 11.1 Å². The van der Waals surface area contributed by atoms with Crippen LogP contribution in [0.1, 0.15) is 42.1 Å². The van der Waals surface area contributed by atoms with E-state index < -0.39 is 5.41 Å². The summed E-state index contributed by atoms with van der Waals surface area (Å²) in [5.41, 5.74) is 6.29. The van der Waals surface area contributed by atoms with Crippen LogP contribution in [0.4, 0.5) is 0 Å². The number of aryl methyl sites for hydroxylation is 2. The minimum absolute atomic E-state index is 0. The van der Waals surface area contributed by atoms with Crippen molar-refractivity contribution in [1.29, 1.82) is 0 Å². The van der Waals surface area contributed by atoms with Crippen LogP contribution in [-0.4, -0.2) is 12.5 Å². The van der Waals surface area contributed by atoms with E-state index in [1.165, 1.54) is 15.3 Å².